The van der Waals surface area contributed by atoms with Crippen LogP contribution in [-0.2, 0) is 6.18 Å². The molecule has 1 aliphatic rings. The molecule has 0 amide bonds. The third-order valence-corrected chi connectivity index (χ3v) is 3.09. The Balaban J connectivity index is 2.35. The minimum absolute atomic E-state index is 0.151. The molecule has 1 saturated heterocycles. The quantitative estimate of drug-likeness (QED) is 0.768. The van der Waals surface area contributed by atoms with Crippen molar-refractivity contribution in [2.24, 2.45) is 0 Å². The molecule has 94 valence electrons. The zero-order valence-electron chi connectivity index (χ0n) is 9.43. The SMILES string of the molecule is Nc1c(N2CCCCC2)cccc1C(F)(F)F. The molecule has 0 aromatic heterocycles. The van der Waals surface area contributed by atoms with E-state index in [0.717, 1.165) is 38.4 Å². The molecule has 2 nitrogen and oxygen atoms in total. The third kappa shape index (κ3) is 2.48. The highest BCUT2D eigenvalue weighted by atomic mass is 19.4. The Hall–Kier alpha value is -1.39. The van der Waals surface area contributed by atoms with Crippen LogP contribution < -0.4 is 10.6 Å². The summed E-state index contributed by atoms with van der Waals surface area (Å²) in [4.78, 5) is 1.94. The molecule has 1 aromatic carbocycles. The van der Waals surface area contributed by atoms with Gasteiger partial charge in [0.15, 0.2) is 0 Å². The molecule has 1 aliphatic heterocycles. The predicted octanol–water partition coefficient (Wildman–Crippen LogP) is 3.28. The van der Waals surface area contributed by atoms with E-state index in [1.54, 1.807) is 6.07 Å². The van der Waals surface area contributed by atoms with Gasteiger partial charge in [0.25, 0.3) is 0 Å². The molecule has 2 N–H and O–H groups in total. The standard InChI is InChI=1S/C12H15F3N2/c13-12(14,15)9-5-4-6-10(11(9)16)17-7-2-1-3-8-17/h4-6H,1-3,7-8,16H2. The number of hydrogen-bond donors (Lipinski definition) is 1. The van der Waals surface area contributed by atoms with E-state index in [-0.39, 0.29) is 5.69 Å². The fraction of sp³-hybridized carbons (Fsp3) is 0.500. The molecule has 0 radical (unpaired) electrons. The average Bonchev–Trinajstić information content (AvgIpc) is 2.29. The summed E-state index contributed by atoms with van der Waals surface area (Å²) >= 11 is 0. The number of rotatable bonds is 1. The number of nitrogen functional groups attached to an aromatic ring is 1. The Morgan fingerprint density at radius 1 is 1.06 bits per heavy atom. The lowest BCUT2D eigenvalue weighted by Crippen LogP contribution is -2.30. The molecular weight excluding hydrogens is 229 g/mol. The predicted molar refractivity (Wildman–Crippen MR) is 61.9 cm³/mol. The van der Waals surface area contributed by atoms with Crippen molar-refractivity contribution in [3.8, 4) is 0 Å². The number of alkyl halides is 3. The normalized spacial score (nSPS) is 17.2. The van der Waals surface area contributed by atoms with E-state index >= 15 is 0 Å². The molecule has 1 heterocycles. The van der Waals surface area contributed by atoms with Crippen molar-refractivity contribution >= 4 is 11.4 Å². The van der Waals surface area contributed by atoms with Crippen molar-refractivity contribution < 1.29 is 13.2 Å². The first-order valence-electron chi connectivity index (χ1n) is 5.71. The summed E-state index contributed by atoms with van der Waals surface area (Å²) in [5.41, 5.74) is 5.27. The number of anilines is 2. The van der Waals surface area contributed by atoms with Crippen molar-refractivity contribution in [2.45, 2.75) is 25.4 Å². The van der Waals surface area contributed by atoms with Gasteiger partial charge in [0.2, 0.25) is 0 Å². The summed E-state index contributed by atoms with van der Waals surface area (Å²) in [5.74, 6) is 0. The Morgan fingerprint density at radius 3 is 2.29 bits per heavy atom. The van der Waals surface area contributed by atoms with Crippen molar-refractivity contribution in [3.05, 3.63) is 23.8 Å². The van der Waals surface area contributed by atoms with Gasteiger partial charge in [-0.2, -0.15) is 13.2 Å². The van der Waals surface area contributed by atoms with E-state index < -0.39 is 11.7 Å². The monoisotopic (exact) mass is 244 g/mol. The number of piperidine rings is 1. The van der Waals surface area contributed by atoms with E-state index in [2.05, 4.69) is 0 Å². The number of para-hydroxylation sites is 1. The van der Waals surface area contributed by atoms with Gasteiger partial charge in [-0.3, -0.25) is 0 Å². The zero-order chi connectivity index (χ0) is 12.5. The van der Waals surface area contributed by atoms with E-state index in [4.69, 9.17) is 5.73 Å². The topological polar surface area (TPSA) is 29.3 Å². The second-order valence-electron chi connectivity index (χ2n) is 4.28. The largest absolute Gasteiger partial charge is 0.418 e. The Bertz CT molecular complexity index is 395. The summed E-state index contributed by atoms with van der Waals surface area (Å²) in [5, 5.41) is 0. The zero-order valence-corrected chi connectivity index (χ0v) is 9.43. The Kier molecular flexibility index (Phi) is 3.17. The second-order valence-corrected chi connectivity index (χ2v) is 4.28. The van der Waals surface area contributed by atoms with Gasteiger partial charge in [-0.25, -0.2) is 0 Å². The smallest absolute Gasteiger partial charge is 0.397 e. The lowest BCUT2D eigenvalue weighted by molar-refractivity contribution is -0.136. The van der Waals surface area contributed by atoms with Gasteiger partial charge in [-0.1, -0.05) is 6.07 Å². The fourth-order valence-corrected chi connectivity index (χ4v) is 2.21. The molecule has 5 heteroatoms. The maximum atomic E-state index is 12.7. The lowest BCUT2D eigenvalue weighted by Gasteiger charge is -2.30. The molecule has 1 fully saturated rings. The van der Waals surface area contributed by atoms with E-state index in [1.165, 1.54) is 6.07 Å². The van der Waals surface area contributed by atoms with Crippen molar-refractivity contribution in [3.63, 3.8) is 0 Å². The Morgan fingerprint density at radius 2 is 1.71 bits per heavy atom. The number of halogens is 3. The molecule has 0 spiro atoms. The highest BCUT2D eigenvalue weighted by Crippen LogP contribution is 2.38. The van der Waals surface area contributed by atoms with E-state index in [1.807, 2.05) is 4.90 Å². The summed E-state index contributed by atoms with van der Waals surface area (Å²) < 4.78 is 38.1. The van der Waals surface area contributed by atoms with Gasteiger partial charge in [0, 0.05) is 13.1 Å². The summed E-state index contributed by atoms with van der Waals surface area (Å²) in [7, 11) is 0. The summed E-state index contributed by atoms with van der Waals surface area (Å²) in [6, 6.07) is 4.11. The fourth-order valence-electron chi connectivity index (χ4n) is 2.21. The molecule has 0 saturated carbocycles. The lowest BCUT2D eigenvalue weighted by atomic mass is 10.1. The number of nitrogens with two attached hydrogens (primary N) is 1. The first kappa shape index (κ1) is 12.1. The van der Waals surface area contributed by atoms with Crippen LogP contribution in [-0.4, -0.2) is 13.1 Å². The van der Waals surface area contributed by atoms with Gasteiger partial charge < -0.3 is 10.6 Å². The minimum atomic E-state index is -4.38. The molecule has 0 atom stereocenters. The summed E-state index contributed by atoms with van der Waals surface area (Å²) in [6.45, 7) is 1.57. The Labute approximate surface area is 98.2 Å². The maximum absolute atomic E-state index is 12.7. The number of nitrogens with zero attached hydrogens (tertiary/aromatic N) is 1. The molecule has 0 bridgehead atoms. The second kappa shape index (κ2) is 4.47. The van der Waals surface area contributed by atoms with E-state index in [9.17, 15) is 13.2 Å². The first-order chi connectivity index (χ1) is 8.00. The van der Waals surface area contributed by atoms with Crippen LogP contribution in [0.5, 0.6) is 0 Å². The molecule has 2 rings (SSSR count). The molecule has 17 heavy (non-hydrogen) atoms. The maximum Gasteiger partial charge on any atom is 0.418 e. The van der Waals surface area contributed by atoms with Crippen LogP contribution in [0, 0.1) is 0 Å². The van der Waals surface area contributed by atoms with Gasteiger partial charge in [0.1, 0.15) is 0 Å². The van der Waals surface area contributed by atoms with Crippen LogP contribution in [0.15, 0.2) is 18.2 Å². The van der Waals surface area contributed by atoms with Crippen LogP contribution in [0.2, 0.25) is 0 Å². The van der Waals surface area contributed by atoms with Gasteiger partial charge in [-0.15, -0.1) is 0 Å². The molecule has 0 unspecified atom stereocenters. The average molecular weight is 244 g/mol. The summed E-state index contributed by atoms with van der Waals surface area (Å²) in [6.07, 6.45) is -1.23. The third-order valence-electron chi connectivity index (χ3n) is 3.09. The first-order valence-corrected chi connectivity index (χ1v) is 5.71. The highest BCUT2D eigenvalue weighted by molar-refractivity contribution is 5.72. The number of benzene rings is 1. The van der Waals surface area contributed by atoms with Crippen LogP contribution in [0.3, 0.4) is 0 Å². The van der Waals surface area contributed by atoms with Crippen molar-refractivity contribution in [1.82, 2.24) is 0 Å². The number of hydrogen-bond acceptors (Lipinski definition) is 2. The van der Waals surface area contributed by atoms with Gasteiger partial charge in [-0.05, 0) is 31.4 Å². The minimum Gasteiger partial charge on any atom is -0.397 e. The van der Waals surface area contributed by atoms with Gasteiger partial charge in [0.05, 0.1) is 16.9 Å². The van der Waals surface area contributed by atoms with Crippen molar-refractivity contribution in [1.29, 1.82) is 0 Å². The highest BCUT2D eigenvalue weighted by Gasteiger charge is 2.34. The van der Waals surface area contributed by atoms with Crippen molar-refractivity contribution in [2.75, 3.05) is 23.7 Å². The van der Waals surface area contributed by atoms with Crippen LogP contribution >= 0.6 is 0 Å². The van der Waals surface area contributed by atoms with Crippen LogP contribution in [0.4, 0.5) is 24.5 Å². The van der Waals surface area contributed by atoms with E-state index in [0.29, 0.717) is 5.69 Å². The molecule has 0 aliphatic carbocycles. The van der Waals surface area contributed by atoms with Gasteiger partial charge >= 0.3 is 6.18 Å². The van der Waals surface area contributed by atoms with Crippen LogP contribution in [0.1, 0.15) is 24.8 Å². The molecule has 1 aromatic rings. The molecular formula is C12H15F3N2. The van der Waals surface area contributed by atoms with Crippen LogP contribution in [0.25, 0.3) is 0 Å².